The van der Waals surface area contributed by atoms with Gasteiger partial charge in [-0.1, -0.05) is 50.0 Å². The molecule has 0 aromatic rings. The van der Waals surface area contributed by atoms with Gasteiger partial charge in [0.25, 0.3) is 0 Å². The van der Waals surface area contributed by atoms with Crippen molar-refractivity contribution in [3.05, 3.63) is 59.9 Å². The summed E-state index contributed by atoms with van der Waals surface area (Å²) in [7, 11) is 0. The molecule has 0 aliphatic rings. The normalized spacial score (nSPS) is 14.2. The minimum absolute atomic E-state index is 0.799. The monoisotopic (exact) mass is 229 g/mol. The van der Waals surface area contributed by atoms with E-state index in [4.69, 9.17) is 0 Å². The van der Waals surface area contributed by atoms with E-state index < -0.39 is 0 Å². The van der Waals surface area contributed by atoms with Gasteiger partial charge in [-0.15, -0.1) is 0 Å². The number of hydrogen-bond donors (Lipinski definition) is 0. The largest absolute Gasteiger partial charge is 0.262 e. The fourth-order valence-electron chi connectivity index (χ4n) is 1.13. The van der Waals surface area contributed by atoms with Crippen LogP contribution in [0.3, 0.4) is 0 Å². The molecule has 0 atom stereocenters. The zero-order valence-electron chi connectivity index (χ0n) is 11.5. The number of rotatable bonds is 6. The zero-order chi connectivity index (χ0) is 13.3. The molecule has 0 saturated carbocycles. The Morgan fingerprint density at radius 1 is 1.18 bits per heavy atom. The first kappa shape index (κ1) is 15.4. The van der Waals surface area contributed by atoms with Crippen LogP contribution >= 0.6 is 0 Å². The average molecular weight is 229 g/mol. The van der Waals surface area contributed by atoms with E-state index in [1.165, 1.54) is 5.57 Å². The second kappa shape index (κ2) is 8.51. The smallest absolute Gasteiger partial charge is 0.0345 e. The van der Waals surface area contributed by atoms with E-state index in [2.05, 4.69) is 44.1 Å². The molecular formula is C16H23N. The molecule has 1 nitrogen and oxygen atoms in total. The molecule has 0 aliphatic carbocycles. The van der Waals surface area contributed by atoms with Gasteiger partial charge in [0, 0.05) is 11.9 Å². The fraction of sp³-hybridized carbons (Fsp3) is 0.312. The van der Waals surface area contributed by atoms with Crippen molar-refractivity contribution in [2.45, 2.75) is 34.1 Å². The Bertz CT molecular complexity index is 390. The standard InChI is InChI=1S/C16H23N/c1-7-14(6)10-11-15(8-2)16(9-3)12-17-13(4)5/h8-12H,2,4,7H2,1,3,5-6H3/b14-10+,15-11+,16-9+,17-12-. The summed E-state index contributed by atoms with van der Waals surface area (Å²) in [4.78, 5) is 4.21. The van der Waals surface area contributed by atoms with Gasteiger partial charge < -0.3 is 0 Å². The Labute approximate surface area is 106 Å². The fourth-order valence-corrected chi connectivity index (χ4v) is 1.13. The molecule has 1 heteroatoms. The molecule has 0 spiro atoms. The second-order valence-electron chi connectivity index (χ2n) is 3.93. The number of allylic oxidation sites excluding steroid dienone is 8. The molecule has 0 bridgehead atoms. The summed E-state index contributed by atoms with van der Waals surface area (Å²) < 4.78 is 0. The van der Waals surface area contributed by atoms with Gasteiger partial charge in [-0.2, -0.15) is 0 Å². The lowest BCUT2D eigenvalue weighted by Crippen LogP contribution is -1.88. The van der Waals surface area contributed by atoms with E-state index in [1.807, 2.05) is 32.2 Å². The maximum Gasteiger partial charge on any atom is 0.0345 e. The molecule has 0 aliphatic heterocycles. The van der Waals surface area contributed by atoms with E-state index in [0.29, 0.717) is 0 Å². The molecule has 0 radical (unpaired) electrons. The van der Waals surface area contributed by atoms with Crippen molar-refractivity contribution in [2.24, 2.45) is 4.99 Å². The summed E-state index contributed by atoms with van der Waals surface area (Å²) in [6, 6.07) is 0. The van der Waals surface area contributed by atoms with Crippen LogP contribution in [0.1, 0.15) is 34.1 Å². The molecule has 0 heterocycles. The van der Waals surface area contributed by atoms with Crippen LogP contribution in [-0.4, -0.2) is 6.21 Å². The van der Waals surface area contributed by atoms with Crippen molar-refractivity contribution in [2.75, 3.05) is 0 Å². The van der Waals surface area contributed by atoms with Crippen molar-refractivity contribution >= 4 is 6.21 Å². The highest BCUT2D eigenvalue weighted by atomic mass is 14.7. The third-order valence-corrected chi connectivity index (χ3v) is 2.39. The van der Waals surface area contributed by atoms with Gasteiger partial charge in [-0.05, 0) is 38.3 Å². The van der Waals surface area contributed by atoms with Gasteiger partial charge in [0.2, 0.25) is 0 Å². The van der Waals surface area contributed by atoms with E-state index in [-0.39, 0.29) is 0 Å². The van der Waals surface area contributed by atoms with Crippen LogP contribution < -0.4 is 0 Å². The van der Waals surface area contributed by atoms with Crippen LogP contribution in [0.5, 0.6) is 0 Å². The predicted octanol–water partition coefficient (Wildman–Crippen LogP) is 5.01. The first-order valence-corrected chi connectivity index (χ1v) is 5.91. The maximum atomic E-state index is 4.21. The lowest BCUT2D eigenvalue weighted by atomic mass is 10.1. The summed E-state index contributed by atoms with van der Waals surface area (Å²) in [5.41, 5.74) is 4.28. The van der Waals surface area contributed by atoms with Gasteiger partial charge in [0.1, 0.15) is 0 Å². The average Bonchev–Trinajstić information content (AvgIpc) is 2.32. The van der Waals surface area contributed by atoms with E-state index in [1.54, 1.807) is 0 Å². The van der Waals surface area contributed by atoms with Crippen LogP contribution in [0.4, 0.5) is 0 Å². The van der Waals surface area contributed by atoms with Crippen molar-refractivity contribution in [1.29, 1.82) is 0 Å². The van der Waals surface area contributed by atoms with Gasteiger partial charge >= 0.3 is 0 Å². The minimum Gasteiger partial charge on any atom is -0.262 e. The molecule has 0 aromatic heterocycles. The summed E-state index contributed by atoms with van der Waals surface area (Å²) in [5, 5.41) is 0. The molecule has 0 rings (SSSR count). The molecule has 0 fully saturated rings. The van der Waals surface area contributed by atoms with Gasteiger partial charge in [-0.25, -0.2) is 0 Å². The highest BCUT2D eigenvalue weighted by Crippen LogP contribution is 2.11. The Morgan fingerprint density at radius 2 is 1.82 bits per heavy atom. The van der Waals surface area contributed by atoms with Crippen LogP contribution in [0.15, 0.2) is 64.9 Å². The second-order valence-corrected chi connectivity index (χ2v) is 3.93. The molecular weight excluding hydrogens is 206 g/mol. The number of nitrogens with zero attached hydrogens (tertiary/aromatic N) is 1. The Kier molecular flexibility index (Phi) is 7.70. The molecule has 92 valence electrons. The van der Waals surface area contributed by atoms with Crippen LogP contribution in [0, 0.1) is 0 Å². The predicted molar refractivity (Wildman–Crippen MR) is 79.4 cm³/mol. The minimum atomic E-state index is 0.799. The molecule has 0 N–H and O–H groups in total. The molecule has 0 aromatic carbocycles. The Hall–Kier alpha value is -1.63. The third-order valence-electron chi connectivity index (χ3n) is 2.39. The van der Waals surface area contributed by atoms with Crippen molar-refractivity contribution in [3.63, 3.8) is 0 Å². The van der Waals surface area contributed by atoms with Crippen LogP contribution in [-0.2, 0) is 0 Å². The summed E-state index contributed by atoms with van der Waals surface area (Å²) >= 11 is 0. The van der Waals surface area contributed by atoms with Gasteiger partial charge in [0.05, 0.1) is 0 Å². The van der Waals surface area contributed by atoms with Crippen molar-refractivity contribution < 1.29 is 0 Å². The third kappa shape index (κ3) is 6.52. The maximum absolute atomic E-state index is 4.21. The quantitative estimate of drug-likeness (QED) is 0.448. The topological polar surface area (TPSA) is 12.4 Å². The van der Waals surface area contributed by atoms with E-state index in [0.717, 1.165) is 23.3 Å². The first-order valence-electron chi connectivity index (χ1n) is 5.91. The highest BCUT2D eigenvalue weighted by Gasteiger charge is 1.96. The summed E-state index contributed by atoms with van der Waals surface area (Å²) in [6.07, 6.45) is 11.0. The van der Waals surface area contributed by atoms with Crippen LogP contribution in [0.25, 0.3) is 0 Å². The van der Waals surface area contributed by atoms with Gasteiger partial charge in [0.15, 0.2) is 0 Å². The molecule has 17 heavy (non-hydrogen) atoms. The Morgan fingerprint density at radius 3 is 2.24 bits per heavy atom. The number of hydrogen-bond acceptors (Lipinski definition) is 1. The lowest BCUT2D eigenvalue weighted by molar-refractivity contribution is 1.10. The van der Waals surface area contributed by atoms with Crippen molar-refractivity contribution in [1.82, 2.24) is 0 Å². The lowest BCUT2D eigenvalue weighted by Gasteiger charge is -2.02. The zero-order valence-corrected chi connectivity index (χ0v) is 11.5. The SMILES string of the molecule is C=CC(=C\C=C(/C)CC)/C(/C=N\C(=C)C)=C/C. The van der Waals surface area contributed by atoms with Crippen LogP contribution in [0.2, 0.25) is 0 Å². The summed E-state index contributed by atoms with van der Waals surface area (Å²) in [6.45, 7) is 15.7. The van der Waals surface area contributed by atoms with E-state index >= 15 is 0 Å². The summed E-state index contributed by atoms with van der Waals surface area (Å²) in [5.74, 6) is 0. The van der Waals surface area contributed by atoms with E-state index in [9.17, 15) is 0 Å². The Balaban J connectivity index is 5.10. The number of aliphatic imine (C=N–C) groups is 1. The van der Waals surface area contributed by atoms with Gasteiger partial charge in [-0.3, -0.25) is 4.99 Å². The first-order chi connectivity index (χ1) is 8.04. The molecule has 0 unspecified atom stereocenters. The highest BCUT2D eigenvalue weighted by molar-refractivity contribution is 5.86. The molecule has 0 amide bonds. The molecule has 0 saturated heterocycles. The van der Waals surface area contributed by atoms with Crippen molar-refractivity contribution in [3.8, 4) is 0 Å².